The molecule has 3 heterocycles. The van der Waals surface area contributed by atoms with Gasteiger partial charge in [0.2, 0.25) is 11.8 Å². The average molecular weight is 555 g/mol. The number of nitrogens with two attached hydrogens (primary N) is 1. The summed E-state index contributed by atoms with van der Waals surface area (Å²) in [4.78, 5) is 86.8. The standard InChI is InChI=1S/C16H21N5O5.C6H8O7/c17-14(23)11-2-1-5-21(11)16(25)10(6-9-7-18-8-19-9)20-15(24)12-3-4-13(22)26-12;7-3(8)1-6(13,5(11)12)2-4(9)10/h7-8,10-12H,1-6H2,(H2,17,23)(H,18,19)(H,20,24);13H,1-2H2,(H,7,8)(H,9,10)(H,11,12)/t10-,11-,12?;/m0./s1. The van der Waals surface area contributed by atoms with Crippen molar-refractivity contribution >= 4 is 41.6 Å². The van der Waals surface area contributed by atoms with Gasteiger partial charge in [0.15, 0.2) is 11.7 Å². The second-order valence-corrected chi connectivity index (χ2v) is 8.93. The molecule has 17 nitrogen and oxygen atoms in total. The third kappa shape index (κ3) is 8.77. The molecule has 1 aromatic heterocycles. The van der Waals surface area contributed by atoms with E-state index in [0.29, 0.717) is 25.1 Å². The van der Waals surface area contributed by atoms with Crippen LogP contribution in [0, 0.1) is 0 Å². The number of carbonyl (C=O) groups excluding carboxylic acids is 4. The van der Waals surface area contributed by atoms with Gasteiger partial charge in [0.05, 0.1) is 19.2 Å². The summed E-state index contributed by atoms with van der Waals surface area (Å²) in [5.74, 6) is -6.93. The van der Waals surface area contributed by atoms with Gasteiger partial charge in [-0.1, -0.05) is 0 Å². The number of H-pyrrole nitrogens is 1. The van der Waals surface area contributed by atoms with Crippen LogP contribution in [0.15, 0.2) is 12.5 Å². The number of aliphatic carboxylic acids is 3. The smallest absolute Gasteiger partial charge is 0.336 e. The number of cyclic esters (lactones) is 1. The summed E-state index contributed by atoms with van der Waals surface area (Å²) in [7, 11) is 0. The van der Waals surface area contributed by atoms with Crippen LogP contribution in [0.1, 0.15) is 44.2 Å². The molecule has 39 heavy (non-hydrogen) atoms. The molecule has 0 radical (unpaired) electrons. The van der Waals surface area contributed by atoms with E-state index < -0.39 is 78.2 Å². The molecule has 1 unspecified atom stereocenters. The number of hydrogen-bond acceptors (Lipinski definition) is 10. The van der Waals surface area contributed by atoms with Crippen LogP contribution >= 0.6 is 0 Å². The summed E-state index contributed by atoms with van der Waals surface area (Å²) in [5.41, 5.74) is 3.30. The molecule has 0 spiro atoms. The Morgan fingerprint density at radius 3 is 2.26 bits per heavy atom. The monoisotopic (exact) mass is 555 g/mol. The summed E-state index contributed by atoms with van der Waals surface area (Å²) in [6.45, 7) is 0.403. The zero-order valence-corrected chi connectivity index (χ0v) is 20.6. The first-order valence-electron chi connectivity index (χ1n) is 11.7. The Morgan fingerprint density at radius 2 is 1.79 bits per heavy atom. The van der Waals surface area contributed by atoms with E-state index in [1.54, 1.807) is 6.20 Å². The number of imidazole rings is 1. The third-order valence-corrected chi connectivity index (χ3v) is 5.92. The van der Waals surface area contributed by atoms with Crippen molar-refractivity contribution in [2.75, 3.05) is 6.54 Å². The number of aromatic nitrogens is 2. The number of hydrogen-bond donors (Lipinski definition) is 7. The number of aromatic amines is 1. The zero-order valence-electron chi connectivity index (χ0n) is 20.6. The molecule has 1 aromatic rings. The predicted molar refractivity (Wildman–Crippen MR) is 124 cm³/mol. The molecule has 0 aromatic carbocycles. The quantitative estimate of drug-likeness (QED) is 0.138. The van der Waals surface area contributed by atoms with Crippen molar-refractivity contribution in [2.45, 2.75) is 68.7 Å². The lowest BCUT2D eigenvalue weighted by atomic mass is 9.96. The number of rotatable bonds is 11. The zero-order chi connectivity index (χ0) is 29.3. The topological polar surface area (TPSA) is 280 Å². The van der Waals surface area contributed by atoms with Gasteiger partial charge in [0.25, 0.3) is 5.91 Å². The fraction of sp³-hybridized carbons (Fsp3) is 0.545. The lowest BCUT2D eigenvalue weighted by Crippen LogP contribution is -2.55. The number of carbonyl (C=O) groups is 7. The van der Waals surface area contributed by atoms with Gasteiger partial charge >= 0.3 is 23.9 Å². The van der Waals surface area contributed by atoms with Crippen LogP contribution in [0.25, 0.3) is 0 Å². The summed E-state index contributed by atoms with van der Waals surface area (Å²) < 4.78 is 4.95. The highest BCUT2D eigenvalue weighted by atomic mass is 16.6. The second-order valence-electron chi connectivity index (χ2n) is 8.93. The molecule has 0 aliphatic carbocycles. The van der Waals surface area contributed by atoms with E-state index in [9.17, 15) is 33.6 Å². The Bertz CT molecular complexity index is 1090. The van der Waals surface area contributed by atoms with Gasteiger partial charge in [-0.25, -0.2) is 9.78 Å². The highest BCUT2D eigenvalue weighted by Gasteiger charge is 2.41. The van der Waals surface area contributed by atoms with Crippen molar-refractivity contribution in [3.8, 4) is 0 Å². The maximum atomic E-state index is 13.0. The van der Waals surface area contributed by atoms with Crippen LogP contribution in [0.4, 0.5) is 0 Å². The Kier molecular flexibility index (Phi) is 10.5. The summed E-state index contributed by atoms with van der Waals surface area (Å²) in [5, 5.41) is 36.5. The van der Waals surface area contributed by atoms with Crippen molar-refractivity contribution in [3.63, 3.8) is 0 Å². The summed E-state index contributed by atoms with van der Waals surface area (Å²) >= 11 is 0. The minimum absolute atomic E-state index is 0.174. The number of ether oxygens (including phenoxy) is 1. The van der Waals surface area contributed by atoms with Gasteiger partial charge in [0.1, 0.15) is 12.1 Å². The highest BCUT2D eigenvalue weighted by Crippen LogP contribution is 2.20. The Hall–Kier alpha value is -4.54. The molecule has 2 aliphatic rings. The maximum Gasteiger partial charge on any atom is 0.336 e. The maximum absolute atomic E-state index is 13.0. The van der Waals surface area contributed by atoms with Gasteiger partial charge in [0, 0.05) is 37.7 Å². The first-order chi connectivity index (χ1) is 18.2. The molecule has 2 saturated heterocycles. The number of aliphatic hydroxyl groups is 1. The fourth-order valence-electron chi connectivity index (χ4n) is 4.03. The van der Waals surface area contributed by atoms with Crippen LogP contribution < -0.4 is 11.1 Å². The molecule has 214 valence electrons. The normalized spacial score (nSPS) is 19.3. The van der Waals surface area contributed by atoms with E-state index >= 15 is 0 Å². The van der Waals surface area contributed by atoms with Crippen molar-refractivity contribution < 1.29 is 58.7 Å². The van der Waals surface area contributed by atoms with E-state index in [2.05, 4.69) is 15.3 Å². The van der Waals surface area contributed by atoms with E-state index in [1.165, 1.54) is 11.2 Å². The van der Waals surface area contributed by atoms with E-state index in [4.69, 9.17) is 30.9 Å². The number of carboxylic acid groups (broad SMARTS) is 3. The molecule has 3 rings (SSSR count). The highest BCUT2D eigenvalue weighted by molar-refractivity contribution is 5.94. The van der Waals surface area contributed by atoms with Gasteiger partial charge in [-0.15, -0.1) is 0 Å². The first kappa shape index (κ1) is 30.7. The predicted octanol–water partition coefficient (Wildman–Crippen LogP) is -2.63. The van der Waals surface area contributed by atoms with Crippen molar-refractivity contribution in [1.82, 2.24) is 20.2 Å². The minimum atomic E-state index is -2.74. The number of nitrogens with one attached hydrogen (secondary N) is 2. The molecule has 3 amide bonds. The number of primary amides is 1. The van der Waals surface area contributed by atoms with E-state index in [-0.39, 0.29) is 19.3 Å². The van der Waals surface area contributed by atoms with Crippen molar-refractivity contribution in [3.05, 3.63) is 18.2 Å². The number of likely N-dealkylation sites (tertiary alicyclic amines) is 1. The molecule has 0 bridgehead atoms. The third-order valence-electron chi connectivity index (χ3n) is 5.92. The number of amides is 3. The molecule has 8 N–H and O–H groups in total. The molecular weight excluding hydrogens is 526 g/mol. The van der Waals surface area contributed by atoms with Crippen molar-refractivity contribution in [2.24, 2.45) is 5.73 Å². The van der Waals surface area contributed by atoms with Gasteiger partial charge in [-0.3, -0.25) is 28.8 Å². The summed E-state index contributed by atoms with van der Waals surface area (Å²) in [6.07, 6.45) is 1.64. The van der Waals surface area contributed by atoms with Crippen LogP contribution in [0.3, 0.4) is 0 Å². The van der Waals surface area contributed by atoms with Crippen molar-refractivity contribution in [1.29, 1.82) is 0 Å². The Labute approximate surface area is 220 Å². The van der Waals surface area contributed by atoms with Gasteiger partial charge in [-0.2, -0.15) is 0 Å². The number of esters is 1. The second kappa shape index (κ2) is 13.3. The lowest BCUT2D eigenvalue weighted by Gasteiger charge is -2.28. The number of nitrogens with zero attached hydrogens (tertiary/aromatic N) is 2. The van der Waals surface area contributed by atoms with Crippen LogP contribution in [0.2, 0.25) is 0 Å². The lowest BCUT2D eigenvalue weighted by molar-refractivity contribution is -0.170. The molecule has 3 atom stereocenters. The van der Waals surface area contributed by atoms with Crippen LogP contribution in [0.5, 0.6) is 0 Å². The fourth-order valence-corrected chi connectivity index (χ4v) is 4.03. The minimum Gasteiger partial charge on any atom is -0.481 e. The molecular formula is C22H29N5O12. The SMILES string of the molecule is NC(=O)[C@@H]1CCCN1C(=O)[C@H](Cc1cnc[nH]1)NC(=O)C1CCC(=O)O1.O=C(O)CC(O)(CC(=O)O)C(=O)O. The van der Waals surface area contributed by atoms with E-state index in [0.717, 1.165) is 0 Å². The van der Waals surface area contributed by atoms with Gasteiger partial charge in [-0.05, 0) is 12.8 Å². The molecule has 2 aliphatic heterocycles. The molecule has 0 saturated carbocycles. The molecule has 17 heteroatoms. The van der Waals surface area contributed by atoms with Crippen LogP contribution in [-0.4, -0.2) is 107 Å². The average Bonchev–Trinajstić information content (AvgIpc) is 3.59. The summed E-state index contributed by atoms with van der Waals surface area (Å²) in [6, 6.07) is -1.59. The Morgan fingerprint density at radius 1 is 1.15 bits per heavy atom. The van der Waals surface area contributed by atoms with Crippen LogP contribution in [-0.2, 0) is 44.7 Å². The van der Waals surface area contributed by atoms with E-state index in [1.807, 2.05) is 0 Å². The largest absolute Gasteiger partial charge is 0.481 e. The molecule has 2 fully saturated rings. The number of carboxylic acids is 3. The first-order valence-corrected chi connectivity index (χ1v) is 11.7. The van der Waals surface area contributed by atoms with Gasteiger partial charge < -0.3 is 46.1 Å². The Balaban J connectivity index is 0.000000349.